The van der Waals surface area contributed by atoms with Gasteiger partial charge in [-0.25, -0.2) is 8.42 Å². The minimum absolute atomic E-state index is 0.177. The number of piperidine rings is 1. The Morgan fingerprint density at radius 2 is 1.90 bits per heavy atom. The number of hydrogen-bond donors (Lipinski definition) is 1. The first-order valence-corrected chi connectivity index (χ1v) is 12.1. The summed E-state index contributed by atoms with van der Waals surface area (Å²) in [7, 11) is -3.79. The summed E-state index contributed by atoms with van der Waals surface area (Å²) in [5.41, 5.74) is 0.987. The molecule has 1 aliphatic rings. The zero-order chi connectivity index (χ0) is 22.3. The van der Waals surface area contributed by atoms with E-state index in [4.69, 9.17) is 16.3 Å². The van der Waals surface area contributed by atoms with Gasteiger partial charge in [-0.05, 0) is 56.1 Å². The van der Waals surface area contributed by atoms with Crippen molar-refractivity contribution >= 4 is 33.7 Å². The standard InChI is InChI=1S/C23H27ClN2O4S/c1-2-30-23(27)22-17-20(14-15-25-22)26(16-6-9-18-7-4-3-5-8-18)31(28,29)21-12-10-19(24)11-13-21/h3-13,20,22,25H,2,14-17H2,1H3. The molecule has 8 heteroatoms. The molecule has 0 amide bonds. The van der Waals surface area contributed by atoms with Gasteiger partial charge in [0.1, 0.15) is 6.04 Å². The zero-order valence-electron chi connectivity index (χ0n) is 17.4. The molecule has 1 fully saturated rings. The Morgan fingerprint density at radius 1 is 1.19 bits per heavy atom. The molecule has 2 aromatic rings. The molecule has 0 aromatic heterocycles. The van der Waals surface area contributed by atoms with E-state index in [1.807, 2.05) is 42.5 Å². The molecule has 31 heavy (non-hydrogen) atoms. The second-order valence-corrected chi connectivity index (χ2v) is 9.61. The Balaban J connectivity index is 1.87. The molecule has 0 saturated carbocycles. The number of carbonyl (C=O) groups is 1. The van der Waals surface area contributed by atoms with E-state index in [-0.39, 0.29) is 30.1 Å². The normalized spacial score (nSPS) is 19.6. The van der Waals surface area contributed by atoms with E-state index in [0.29, 0.717) is 24.4 Å². The lowest BCUT2D eigenvalue weighted by Gasteiger charge is -2.36. The van der Waals surface area contributed by atoms with E-state index in [9.17, 15) is 13.2 Å². The molecule has 2 aromatic carbocycles. The molecular formula is C23H27ClN2O4S. The van der Waals surface area contributed by atoms with Crippen LogP contribution in [-0.2, 0) is 19.6 Å². The Bertz CT molecular complexity index is 994. The summed E-state index contributed by atoms with van der Waals surface area (Å²) in [5, 5.41) is 3.61. The summed E-state index contributed by atoms with van der Waals surface area (Å²) in [6.07, 6.45) is 4.69. The maximum atomic E-state index is 13.5. The van der Waals surface area contributed by atoms with Crippen molar-refractivity contribution in [2.75, 3.05) is 19.7 Å². The molecule has 1 heterocycles. The van der Waals surface area contributed by atoms with Crippen molar-refractivity contribution in [2.24, 2.45) is 0 Å². The molecule has 0 aliphatic carbocycles. The van der Waals surface area contributed by atoms with E-state index >= 15 is 0 Å². The van der Waals surface area contributed by atoms with Gasteiger partial charge in [0.2, 0.25) is 10.0 Å². The number of benzene rings is 2. The topological polar surface area (TPSA) is 75.7 Å². The molecule has 0 radical (unpaired) electrons. The highest BCUT2D eigenvalue weighted by Gasteiger charge is 2.36. The van der Waals surface area contributed by atoms with Crippen LogP contribution in [0.4, 0.5) is 0 Å². The van der Waals surface area contributed by atoms with Gasteiger partial charge in [-0.2, -0.15) is 4.31 Å². The summed E-state index contributed by atoms with van der Waals surface area (Å²) in [5.74, 6) is -0.351. The van der Waals surface area contributed by atoms with Crippen molar-refractivity contribution in [3.05, 3.63) is 71.3 Å². The van der Waals surface area contributed by atoms with Gasteiger partial charge in [0.15, 0.2) is 0 Å². The maximum Gasteiger partial charge on any atom is 0.323 e. The first kappa shape index (κ1) is 23.5. The molecule has 1 N–H and O–H groups in total. The number of ether oxygens (including phenoxy) is 1. The van der Waals surface area contributed by atoms with Gasteiger partial charge in [-0.1, -0.05) is 54.1 Å². The number of carbonyl (C=O) groups excluding carboxylic acids is 1. The monoisotopic (exact) mass is 462 g/mol. The van der Waals surface area contributed by atoms with Crippen LogP contribution < -0.4 is 5.32 Å². The van der Waals surface area contributed by atoms with Gasteiger partial charge < -0.3 is 10.1 Å². The van der Waals surface area contributed by atoms with Gasteiger partial charge in [0.25, 0.3) is 0 Å². The van der Waals surface area contributed by atoms with Gasteiger partial charge in [0.05, 0.1) is 11.5 Å². The van der Waals surface area contributed by atoms with Gasteiger partial charge >= 0.3 is 5.97 Å². The van der Waals surface area contributed by atoms with Gasteiger partial charge in [-0.3, -0.25) is 4.79 Å². The van der Waals surface area contributed by atoms with E-state index in [1.54, 1.807) is 19.1 Å². The van der Waals surface area contributed by atoms with Crippen LogP contribution in [0, 0.1) is 0 Å². The first-order valence-electron chi connectivity index (χ1n) is 10.3. The molecule has 2 atom stereocenters. The molecule has 1 saturated heterocycles. The third kappa shape index (κ3) is 6.17. The minimum atomic E-state index is -3.79. The Labute approximate surface area is 188 Å². The van der Waals surface area contributed by atoms with E-state index in [1.165, 1.54) is 16.4 Å². The van der Waals surface area contributed by atoms with Crippen LogP contribution in [0.1, 0.15) is 25.3 Å². The summed E-state index contributed by atoms with van der Waals surface area (Å²) in [6.45, 7) is 2.77. The largest absolute Gasteiger partial charge is 0.465 e. The lowest BCUT2D eigenvalue weighted by Crippen LogP contribution is -2.52. The smallest absolute Gasteiger partial charge is 0.323 e. The lowest BCUT2D eigenvalue weighted by atomic mass is 9.99. The van der Waals surface area contributed by atoms with Crippen LogP contribution >= 0.6 is 11.6 Å². The molecule has 166 valence electrons. The van der Waals surface area contributed by atoms with Crippen molar-refractivity contribution in [2.45, 2.75) is 36.7 Å². The summed E-state index contributed by atoms with van der Waals surface area (Å²) < 4.78 is 33.6. The molecule has 6 nitrogen and oxygen atoms in total. The number of sulfonamides is 1. The number of halogens is 1. The van der Waals surface area contributed by atoms with Crippen LogP contribution in [0.25, 0.3) is 6.08 Å². The van der Waals surface area contributed by atoms with Crippen molar-refractivity contribution in [3.63, 3.8) is 0 Å². The first-order chi connectivity index (χ1) is 14.9. The Morgan fingerprint density at radius 3 is 2.58 bits per heavy atom. The van der Waals surface area contributed by atoms with Crippen LogP contribution in [0.2, 0.25) is 5.02 Å². The SMILES string of the molecule is CCOC(=O)C1CC(N(CC=Cc2ccccc2)S(=O)(=O)c2ccc(Cl)cc2)CCN1. The van der Waals surface area contributed by atoms with E-state index < -0.39 is 16.1 Å². The van der Waals surface area contributed by atoms with Crippen molar-refractivity contribution in [3.8, 4) is 0 Å². The quantitative estimate of drug-likeness (QED) is 0.605. The molecule has 2 unspecified atom stereocenters. The molecule has 0 spiro atoms. The highest BCUT2D eigenvalue weighted by Crippen LogP contribution is 2.26. The van der Waals surface area contributed by atoms with Crippen molar-refractivity contribution < 1.29 is 17.9 Å². The third-order valence-corrected chi connectivity index (χ3v) is 7.35. The van der Waals surface area contributed by atoms with Crippen LogP contribution in [0.15, 0.2) is 65.6 Å². The Hall–Kier alpha value is -2.19. The third-order valence-electron chi connectivity index (χ3n) is 5.17. The Kier molecular flexibility index (Phi) is 8.26. The van der Waals surface area contributed by atoms with Gasteiger partial charge in [0, 0.05) is 17.6 Å². The number of nitrogens with zero attached hydrogens (tertiary/aromatic N) is 1. The predicted octanol–water partition coefficient (Wildman–Crippen LogP) is 3.73. The molecule has 3 rings (SSSR count). The summed E-state index contributed by atoms with van der Waals surface area (Å²) >= 11 is 5.95. The fourth-order valence-corrected chi connectivity index (χ4v) is 5.37. The van der Waals surface area contributed by atoms with Crippen LogP contribution in [-0.4, -0.2) is 50.5 Å². The fourth-order valence-electron chi connectivity index (χ4n) is 3.62. The summed E-state index contributed by atoms with van der Waals surface area (Å²) in [6, 6.07) is 15.0. The predicted molar refractivity (Wildman–Crippen MR) is 122 cm³/mol. The highest BCUT2D eigenvalue weighted by atomic mass is 35.5. The number of rotatable bonds is 8. The second-order valence-electron chi connectivity index (χ2n) is 7.28. The number of nitrogens with one attached hydrogen (secondary N) is 1. The van der Waals surface area contributed by atoms with Crippen LogP contribution in [0.5, 0.6) is 0 Å². The number of hydrogen-bond acceptors (Lipinski definition) is 5. The van der Waals surface area contributed by atoms with Crippen LogP contribution in [0.3, 0.4) is 0 Å². The lowest BCUT2D eigenvalue weighted by molar-refractivity contribution is -0.146. The average molecular weight is 463 g/mol. The van der Waals surface area contributed by atoms with Gasteiger partial charge in [-0.15, -0.1) is 0 Å². The van der Waals surface area contributed by atoms with E-state index in [2.05, 4.69) is 5.32 Å². The zero-order valence-corrected chi connectivity index (χ0v) is 19.0. The number of esters is 1. The highest BCUT2D eigenvalue weighted by molar-refractivity contribution is 7.89. The summed E-state index contributed by atoms with van der Waals surface area (Å²) in [4.78, 5) is 12.4. The second kappa shape index (κ2) is 10.9. The molecule has 0 bridgehead atoms. The maximum absolute atomic E-state index is 13.5. The van der Waals surface area contributed by atoms with E-state index in [0.717, 1.165) is 5.56 Å². The fraction of sp³-hybridized carbons (Fsp3) is 0.348. The average Bonchev–Trinajstić information content (AvgIpc) is 2.78. The minimum Gasteiger partial charge on any atom is -0.465 e. The molecule has 1 aliphatic heterocycles. The van der Waals surface area contributed by atoms with Crippen molar-refractivity contribution in [1.82, 2.24) is 9.62 Å². The van der Waals surface area contributed by atoms with Crippen molar-refractivity contribution in [1.29, 1.82) is 0 Å². The molecular weight excluding hydrogens is 436 g/mol.